The lowest BCUT2D eigenvalue weighted by Crippen LogP contribution is -2.65. The molecule has 0 aromatic heterocycles. The maximum atomic E-state index is 12.8. The van der Waals surface area contributed by atoms with Crippen molar-refractivity contribution in [2.45, 2.75) is 24.3 Å². The molecule has 0 spiro atoms. The number of benzene rings is 1. The normalized spacial score (nSPS) is 19.4. The Morgan fingerprint density at radius 2 is 1.86 bits per heavy atom. The van der Waals surface area contributed by atoms with E-state index in [9.17, 15) is 18.0 Å². The average Bonchev–Trinajstić information content (AvgIpc) is 2.36. The number of sulfonamides is 1. The van der Waals surface area contributed by atoms with Crippen molar-refractivity contribution < 1.29 is 18.0 Å². The highest BCUT2D eigenvalue weighted by atomic mass is 79.9. The summed E-state index contributed by atoms with van der Waals surface area (Å²) in [6.45, 7) is 2.51. The van der Waals surface area contributed by atoms with Crippen molar-refractivity contribution in [1.29, 1.82) is 0 Å². The van der Waals surface area contributed by atoms with Gasteiger partial charge in [0.2, 0.25) is 21.8 Å². The van der Waals surface area contributed by atoms with Gasteiger partial charge < -0.3 is 0 Å². The van der Waals surface area contributed by atoms with Gasteiger partial charge in [0.05, 0.1) is 11.4 Å². The number of rotatable bonds is 2. The first-order valence-electron chi connectivity index (χ1n) is 5.89. The molecule has 1 aromatic carbocycles. The molecule has 1 aliphatic heterocycles. The fraction of sp³-hybridized carbons (Fsp3) is 0.333. The number of carbonyl (C=O) groups is 2. The maximum absolute atomic E-state index is 12.8. The van der Waals surface area contributed by atoms with Crippen LogP contribution in [0, 0.1) is 0 Å². The van der Waals surface area contributed by atoms with Crippen LogP contribution in [0.1, 0.15) is 13.8 Å². The lowest BCUT2D eigenvalue weighted by atomic mass is 10.0. The summed E-state index contributed by atoms with van der Waals surface area (Å²) in [4.78, 5) is 23.4. The molecule has 1 aliphatic rings. The summed E-state index contributed by atoms with van der Waals surface area (Å²) < 4.78 is 27.5. The number of nitrogens with zero attached hydrogens (tertiary/aromatic N) is 1. The van der Waals surface area contributed by atoms with Crippen molar-refractivity contribution in [2.24, 2.45) is 0 Å². The Bertz CT molecular complexity index is 731. The lowest BCUT2D eigenvalue weighted by Gasteiger charge is -2.38. The molecule has 9 heteroatoms. The van der Waals surface area contributed by atoms with Crippen LogP contribution in [0.4, 0.5) is 0 Å². The summed E-state index contributed by atoms with van der Waals surface area (Å²) in [5.41, 5.74) is -1.35. The molecule has 2 rings (SSSR count). The van der Waals surface area contributed by atoms with Crippen LogP contribution in [0.25, 0.3) is 0 Å². The van der Waals surface area contributed by atoms with Gasteiger partial charge in [-0.15, -0.1) is 0 Å². The van der Waals surface area contributed by atoms with Crippen molar-refractivity contribution in [3.8, 4) is 0 Å². The van der Waals surface area contributed by atoms with Gasteiger partial charge in [-0.25, -0.2) is 8.42 Å². The number of carbonyl (C=O) groups excluding carboxylic acids is 2. The van der Waals surface area contributed by atoms with Gasteiger partial charge in [0.25, 0.3) is 0 Å². The first-order valence-corrected chi connectivity index (χ1v) is 8.91. The van der Waals surface area contributed by atoms with E-state index in [4.69, 9.17) is 0 Å². The Labute approximate surface area is 139 Å². The molecule has 0 bridgehead atoms. The summed E-state index contributed by atoms with van der Waals surface area (Å²) >= 11 is 6.40. The van der Waals surface area contributed by atoms with Gasteiger partial charge in [0.15, 0.2) is 0 Å². The Morgan fingerprint density at radius 1 is 1.24 bits per heavy atom. The molecule has 21 heavy (non-hydrogen) atoms. The fourth-order valence-corrected chi connectivity index (χ4v) is 5.11. The van der Waals surface area contributed by atoms with Crippen molar-refractivity contribution in [3.05, 3.63) is 27.1 Å². The molecule has 1 fully saturated rings. The molecule has 0 unspecified atom stereocenters. The largest absolute Gasteiger partial charge is 0.294 e. The summed E-state index contributed by atoms with van der Waals surface area (Å²) in [6.07, 6.45) is 0. The SMILES string of the molecule is CC1(C)C(=O)NC(=O)CN1S(=O)(=O)c1cc(Br)ccc1Br. The number of piperazine rings is 1. The van der Waals surface area contributed by atoms with Crippen LogP contribution >= 0.6 is 31.9 Å². The van der Waals surface area contributed by atoms with E-state index in [0.717, 1.165) is 4.31 Å². The highest BCUT2D eigenvalue weighted by Crippen LogP contribution is 2.32. The van der Waals surface area contributed by atoms with Gasteiger partial charge in [0.1, 0.15) is 5.54 Å². The predicted molar refractivity (Wildman–Crippen MR) is 83.0 cm³/mol. The second-order valence-electron chi connectivity index (χ2n) is 5.02. The van der Waals surface area contributed by atoms with Gasteiger partial charge in [-0.2, -0.15) is 4.31 Å². The Hall–Kier alpha value is -0.770. The van der Waals surface area contributed by atoms with Gasteiger partial charge in [0, 0.05) is 8.95 Å². The fourth-order valence-electron chi connectivity index (χ4n) is 1.94. The van der Waals surface area contributed by atoms with Gasteiger partial charge in [-0.05, 0) is 48.0 Å². The molecular formula is C12H12Br2N2O4S. The van der Waals surface area contributed by atoms with Gasteiger partial charge in [-0.1, -0.05) is 15.9 Å². The number of hydrogen-bond donors (Lipinski definition) is 1. The van der Waals surface area contributed by atoms with Crippen molar-refractivity contribution >= 4 is 53.7 Å². The van der Waals surface area contributed by atoms with E-state index in [1.807, 2.05) is 0 Å². The molecule has 114 valence electrons. The quantitative estimate of drug-likeness (QED) is 0.710. The zero-order chi connectivity index (χ0) is 16.0. The van der Waals surface area contributed by atoms with Gasteiger partial charge >= 0.3 is 0 Å². The number of halogens is 2. The van der Waals surface area contributed by atoms with Crippen molar-refractivity contribution in [3.63, 3.8) is 0 Å². The lowest BCUT2D eigenvalue weighted by molar-refractivity contribution is -0.141. The molecule has 1 saturated heterocycles. The van der Waals surface area contributed by atoms with Crippen LogP contribution in [-0.2, 0) is 19.6 Å². The minimum atomic E-state index is -4.01. The second kappa shape index (κ2) is 5.45. The molecule has 6 nitrogen and oxygen atoms in total. The van der Waals surface area contributed by atoms with Crippen LogP contribution in [-0.4, -0.2) is 36.6 Å². The molecule has 2 amide bonds. The molecule has 0 atom stereocenters. The molecule has 1 aromatic rings. The van der Waals surface area contributed by atoms with Crippen molar-refractivity contribution in [2.75, 3.05) is 6.54 Å². The summed E-state index contributed by atoms with van der Waals surface area (Å²) in [7, 11) is -4.01. The minimum absolute atomic E-state index is 0.00699. The smallest absolute Gasteiger partial charge is 0.247 e. The number of imide groups is 1. The highest BCUT2D eigenvalue weighted by Gasteiger charge is 2.48. The zero-order valence-corrected chi connectivity index (χ0v) is 15.2. The molecular weight excluding hydrogens is 428 g/mol. The summed E-state index contributed by atoms with van der Waals surface area (Å²) in [5, 5.41) is 2.14. The minimum Gasteiger partial charge on any atom is -0.294 e. The Kier molecular flexibility index (Phi) is 4.31. The van der Waals surface area contributed by atoms with E-state index in [0.29, 0.717) is 8.95 Å². The number of hydrogen-bond acceptors (Lipinski definition) is 4. The highest BCUT2D eigenvalue weighted by molar-refractivity contribution is 9.11. The van der Waals surface area contributed by atoms with E-state index in [2.05, 4.69) is 37.2 Å². The first-order chi connectivity index (χ1) is 9.56. The van der Waals surface area contributed by atoms with Crippen LogP contribution < -0.4 is 5.32 Å². The van der Waals surface area contributed by atoms with Crippen molar-refractivity contribution in [1.82, 2.24) is 9.62 Å². The van der Waals surface area contributed by atoms with E-state index in [1.54, 1.807) is 12.1 Å². The number of nitrogens with one attached hydrogen (secondary N) is 1. The summed E-state index contributed by atoms with van der Waals surface area (Å²) in [5.74, 6) is -1.29. The van der Waals surface area contributed by atoms with E-state index in [1.165, 1.54) is 19.9 Å². The van der Waals surface area contributed by atoms with Crippen LogP contribution in [0.2, 0.25) is 0 Å². The average molecular weight is 440 g/mol. The topological polar surface area (TPSA) is 83.6 Å². The Morgan fingerprint density at radius 3 is 2.48 bits per heavy atom. The third kappa shape index (κ3) is 2.92. The van der Waals surface area contributed by atoms with Gasteiger partial charge in [-0.3, -0.25) is 14.9 Å². The third-order valence-corrected chi connectivity index (χ3v) is 6.69. The standard InChI is InChI=1S/C12H12Br2N2O4S/c1-12(2)11(18)15-10(17)6-16(12)21(19,20)9-5-7(13)3-4-8(9)14/h3-5H,6H2,1-2H3,(H,15,17,18). The summed E-state index contributed by atoms with van der Waals surface area (Å²) in [6, 6.07) is 4.69. The van der Waals surface area contributed by atoms with E-state index < -0.39 is 33.9 Å². The van der Waals surface area contributed by atoms with E-state index in [-0.39, 0.29) is 4.90 Å². The predicted octanol–water partition coefficient (Wildman–Crippen LogP) is 1.64. The monoisotopic (exact) mass is 438 g/mol. The molecule has 0 aliphatic carbocycles. The van der Waals surface area contributed by atoms with Crippen LogP contribution in [0.15, 0.2) is 32.0 Å². The third-order valence-electron chi connectivity index (χ3n) is 3.18. The van der Waals surface area contributed by atoms with E-state index >= 15 is 0 Å². The number of amides is 2. The zero-order valence-electron chi connectivity index (χ0n) is 11.2. The molecule has 0 saturated carbocycles. The van der Waals surface area contributed by atoms with Crippen LogP contribution in [0.5, 0.6) is 0 Å². The molecule has 1 heterocycles. The maximum Gasteiger partial charge on any atom is 0.247 e. The second-order valence-corrected chi connectivity index (χ2v) is 8.62. The first kappa shape index (κ1) is 16.6. The molecule has 1 N–H and O–H groups in total. The molecule has 0 radical (unpaired) electrons. The van der Waals surface area contributed by atoms with Crippen LogP contribution in [0.3, 0.4) is 0 Å². The Balaban J connectivity index is 2.59.